The molecule has 2 aromatic rings. The minimum atomic E-state index is 0. The van der Waals surface area contributed by atoms with Gasteiger partial charge in [-0.15, -0.1) is 12.4 Å². The molecule has 1 aromatic heterocycles. The van der Waals surface area contributed by atoms with Crippen LogP contribution in [0.5, 0.6) is 0 Å². The first kappa shape index (κ1) is 14.0. The highest BCUT2D eigenvalue weighted by Crippen LogP contribution is 2.27. The van der Waals surface area contributed by atoms with Crippen molar-refractivity contribution in [2.45, 2.75) is 25.4 Å². The van der Waals surface area contributed by atoms with E-state index in [4.69, 9.17) is 4.74 Å². The van der Waals surface area contributed by atoms with Gasteiger partial charge < -0.3 is 4.74 Å². The van der Waals surface area contributed by atoms with Crippen molar-refractivity contribution in [1.29, 1.82) is 0 Å². The summed E-state index contributed by atoms with van der Waals surface area (Å²) in [6.07, 6.45) is 7.40. The van der Waals surface area contributed by atoms with Crippen LogP contribution in [-0.2, 0) is 17.6 Å². The Morgan fingerprint density at radius 1 is 1.16 bits per heavy atom. The maximum atomic E-state index is 5.45. The maximum absolute atomic E-state index is 5.45. The second-order valence-electron chi connectivity index (χ2n) is 4.83. The lowest BCUT2D eigenvalue weighted by atomic mass is 9.87. The standard InChI is InChI=1S/C16H17NO.ClH/c1-18-16-7-6-12-9-13(4-5-14(12)10-16)15-3-2-8-17-11-15;/h2-5,8-9,11,16H,6-7,10H2,1H3;1H. The van der Waals surface area contributed by atoms with Gasteiger partial charge in [0.25, 0.3) is 0 Å². The molecule has 0 spiro atoms. The summed E-state index contributed by atoms with van der Waals surface area (Å²) >= 11 is 0. The molecule has 1 aliphatic rings. The van der Waals surface area contributed by atoms with Gasteiger partial charge in [-0.2, -0.15) is 0 Å². The van der Waals surface area contributed by atoms with Crippen molar-refractivity contribution in [3.8, 4) is 11.1 Å². The Hall–Kier alpha value is -1.38. The third-order valence-corrected chi connectivity index (χ3v) is 3.72. The van der Waals surface area contributed by atoms with Crippen molar-refractivity contribution in [3.05, 3.63) is 53.9 Å². The van der Waals surface area contributed by atoms with Gasteiger partial charge in [-0.05, 0) is 47.6 Å². The predicted octanol–water partition coefficient (Wildman–Crippen LogP) is 3.67. The van der Waals surface area contributed by atoms with Crippen LogP contribution in [0.2, 0.25) is 0 Å². The van der Waals surface area contributed by atoms with Crippen LogP contribution < -0.4 is 0 Å². The number of hydrogen-bond donors (Lipinski definition) is 0. The topological polar surface area (TPSA) is 22.1 Å². The molecule has 0 N–H and O–H groups in total. The molecule has 1 unspecified atom stereocenters. The number of hydrogen-bond acceptors (Lipinski definition) is 2. The van der Waals surface area contributed by atoms with Crippen LogP contribution in [0.3, 0.4) is 0 Å². The van der Waals surface area contributed by atoms with Crippen molar-refractivity contribution in [1.82, 2.24) is 4.98 Å². The van der Waals surface area contributed by atoms with E-state index < -0.39 is 0 Å². The Balaban J connectivity index is 0.00000133. The van der Waals surface area contributed by atoms with Crippen LogP contribution in [0.25, 0.3) is 11.1 Å². The molecular formula is C16H18ClNO. The molecule has 3 rings (SSSR count). The zero-order valence-corrected chi connectivity index (χ0v) is 11.8. The molecule has 1 heterocycles. The summed E-state index contributed by atoms with van der Waals surface area (Å²) in [7, 11) is 1.81. The molecule has 0 fully saturated rings. The summed E-state index contributed by atoms with van der Waals surface area (Å²) < 4.78 is 5.45. The van der Waals surface area contributed by atoms with Crippen LogP contribution in [0, 0.1) is 0 Å². The summed E-state index contributed by atoms with van der Waals surface area (Å²) in [5, 5.41) is 0. The zero-order chi connectivity index (χ0) is 12.4. The van der Waals surface area contributed by atoms with Crippen molar-refractivity contribution in [2.75, 3.05) is 7.11 Å². The Bertz CT molecular complexity index is 542. The summed E-state index contributed by atoms with van der Waals surface area (Å²) in [4.78, 5) is 4.18. The van der Waals surface area contributed by atoms with E-state index >= 15 is 0 Å². The van der Waals surface area contributed by atoms with Crippen molar-refractivity contribution in [2.24, 2.45) is 0 Å². The normalized spacial score (nSPS) is 17.4. The van der Waals surface area contributed by atoms with E-state index in [1.165, 1.54) is 22.3 Å². The van der Waals surface area contributed by atoms with Crippen LogP contribution in [0.4, 0.5) is 0 Å². The van der Waals surface area contributed by atoms with E-state index in [9.17, 15) is 0 Å². The lowest BCUT2D eigenvalue weighted by Crippen LogP contribution is -2.20. The fourth-order valence-electron chi connectivity index (χ4n) is 2.64. The van der Waals surface area contributed by atoms with Gasteiger partial charge in [-0.1, -0.05) is 24.3 Å². The van der Waals surface area contributed by atoms with Crippen LogP contribution in [0.1, 0.15) is 17.5 Å². The molecule has 19 heavy (non-hydrogen) atoms. The Kier molecular flexibility index (Phi) is 4.56. The van der Waals surface area contributed by atoms with Gasteiger partial charge in [-0.3, -0.25) is 4.98 Å². The molecule has 1 atom stereocenters. The average Bonchev–Trinajstić information content (AvgIpc) is 2.47. The molecule has 3 heteroatoms. The number of ether oxygens (including phenoxy) is 1. The van der Waals surface area contributed by atoms with E-state index in [2.05, 4.69) is 29.2 Å². The number of halogens is 1. The van der Waals surface area contributed by atoms with Gasteiger partial charge in [0, 0.05) is 19.5 Å². The smallest absolute Gasteiger partial charge is 0.0614 e. The van der Waals surface area contributed by atoms with E-state index in [0.29, 0.717) is 6.10 Å². The van der Waals surface area contributed by atoms with Gasteiger partial charge in [-0.25, -0.2) is 0 Å². The second kappa shape index (κ2) is 6.18. The third-order valence-electron chi connectivity index (χ3n) is 3.72. The molecule has 1 aromatic carbocycles. The fourth-order valence-corrected chi connectivity index (χ4v) is 2.64. The molecule has 0 amide bonds. The molecule has 0 radical (unpaired) electrons. The summed E-state index contributed by atoms with van der Waals surface area (Å²) in [6.45, 7) is 0. The maximum Gasteiger partial charge on any atom is 0.0614 e. The van der Waals surface area contributed by atoms with Crippen molar-refractivity contribution >= 4 is 12.4 Å². The lowest BCUT2D eigenvalue weighted by Gasteiger charge is -2.24. The fraction of sp³-hybridized carbons (Fsp3) is 0.312. The molecule has 0 saturated carbocycles. The first-order valence-corrected chi connectivity index (χ1v) is 6.42. The van der Waals surface area contributed by atoms with Crippen LogP contribution >= 0.6 is 12.4 Å². The summed E-state index contributed by atoms with van der Waals surface area (Å²) in [5.74, 6) is 0. The average molecular weight is 276 g/mol. The lowest BCUT2D eigenvalue weighted by molar-refractivity contribution is 0.0911. The number of aryl methyl sites for hydroxylation is 1. The largest absolute Gasteiger partial charge is 0.381 e. The van der Waals surface area contributed by atoms with E-state index in [1.54, 1.807) is 7.11 Å². The number of benzene rings is 1. The van der Waals surface area contributed by atoms with Crippen LogP contribution in [-0.4, -0.2) is 18.2 Å². The summed E-state index contributed by atoms with van der Waals surface area (Å²) in [6, 6.07) is 10.8. The minimum absolute atomic E-state index is 0. The molecule has 1 aliphatic carbocycles. The van der Waals surface area contributed by atoms with Crippen LogP contribution in [0.15, 0.2) is 42.7 Å². The Morgan fingerprint density at radius 3 is 2.79 bits per heavy atom. The molecular weight excluding hydrogens is 258 g/mol. The summed E-state index contributed by atoms with van der Waals surface area (Å²) in [5.41, 5.74) is 5.34. The third kappa shape index (κ3) is 2.96. The van der Waals surface area contributed by atoms with E-state index in [0.717, 1.165) is 19.3 Å². The van der Waals surface area contributed by atoms with Gasteiger partial charge in [0.2, 0.25) is 0 Å². The van der Waals surface area contributed by atoms with Gasteiger partial charge in [0.05, 0.1) is 6.10 Å². The molecule has 100 valence electrons. The number of rotatable bonds is 2. The second-order valence-corrected chi connectivity index (χ2v) is 4.83. The SMILES string of the molecule is COC1CCc2cc(-c3cccnc3)ccc2C1.Cl. The molecule has 2 nitrogen and oxygen atoms in total. The van der Waals surface area contributed by atoms with Gasteiger partial charge >= 0.3 is 0 Å². The zero-order valence-electron chi connectivity index (χ0n) is 11.0. The number of nitrogens with zero attached hydrogens (tertiary/aromatic N) is 1. The highest BCUT2D eigenvalue weighted by Gasteiger charge is 2.18. The van der Waals surface area contributed by atoms with Crippen molar-refractivity contribution in [3.63, 3.8) is 0 Å². The number of pyridine rings is 1. The number of aromatic nitrogens is 1. The molecule has 0 bridgehead atoms. The quantitative estimate of drug-likeness (QED) is 0.834. The van der Waals surface area contributed by atoms with E-state index in [-0.39, 0.29) is 12.4 Å². The number of methoxy groups -OCH3 is 1. The first-order valence-electron chi connectivity index (χ1n) is 6.42. The predicted molar refractivity (Wildman–Crippen MR) is 79.7 cm³/mol. The van der Waals surface area contributed by atoms with E-state index in [1.807, 2.05) is 18.5 Å². The highest BCUT2D eigenvalue weighted by atomic mass is 35.5. The highest BCUT2D eigenvalue weighted by molar-refractivity contribution is 5.85. The van der Waals surface area contributed by atoms with Gasteiger partial charge in [0.15, 0.2) is 0 Å². The molecule has 0 aliphatic heterocycles. The number of fused-ring (bicyclic) bond motifs is 1. The van der Waals surface area contributed by atoms with Gasteiger partial charge in [0.1, 0.15) is 0 Å². The minimum Gasteiger partial charge on any atom is -0.381 e. The van der Waals surface area contributed by atoms with Crippen molar-refractivity contribution < 1.29 is 4.74 Å². The Morgan fingerprint density at radius 2 is 2.05 bits per heavy atom. The first-order chi connectivity index (χ1) is 8.86. The monoisotopic (exact) mass is 275 g/mol. The molecule has 0 saturated heterocycles. The Labute approximate surface area is 120 Å².